The van der Waals surface area contributed by atoms with E-state index in [0.717, 1.165) is 15.7 Å². The summed E-state index contributed by atoms with van der Waals surface area (Å²) >= 11 is 3.48. The van der Waals surface area contributed by atoms with Gasteiger partial charge in [0, 0.05) is 16.4 Å². The van der Waals surface area contributed by atoms with Crippen LogP contribution in [0.1, 0.15) is 11.1 Å². The Bertz CT molecular complexity index is 917. The van der Waals surface area contributed by atoms with Crippen molar-refractivity contribution in [1.29, 1.82) is 5.26 Å². The lowest BCUT2D eigenvalue weighted by atomic mass is 10.2. The lowest BCUT2D eigenvalue weighted by Gasteiger charge is -2.10. The van der Waals surface area contributed by atoms with Gasteiger partial charge >= 0.3 is 0 Å². The molecule has 6 heteroatoms. The van der Waals surface area contributed by atoms with E-state index in [-0.39, 0.29) is 0 Å². The van der Waals surface area contributed by atoms with Gasteiger partial charge in [0.05, 0.1) is 11.3 Å². The van der Waals surface area contributed by atoms with Crippen LogP contribution in [0.15, 0.2) is 59.2 Å². The minimum atomic E-state index is 0.483. The molecule has 0 aliphatic heterocycles. The highest BCUT2D eigenvalue weighted by Crippen LogP contribution is 2.23. The molecule has 3 aromatic rings. The molecule has 0 saturated heterocycles. The molecule has 2 N–H and O–H groups in total. The van der Waals surface area contributed by atoms with E-state index in [9.17, 15) is 0 Å². The van der Waals surface area contributed by atoms with Crippen LogP contribution in [0.25, 0.3) is 0 Å². The van der Waals surface area contributed by atoms with E-state index in [1.165, 1.54) is 0 Å². The maximum Gasteiger partial charge on any atom is 0.229 e. The number of nitrogens with one attached hydrogen (secondary N) is 2. The number of nitriles is 1. The smallest absolute Gasteiger partial charge is 0.229 e. The van der Waals surface area contributed by atoms with Crippen LogP contribution in [-0.2, 0) is 0 Å². The first-order valence-corrected chi connectivity index (χ1v) is 8.07. The standard InChI is InChI=1S/C18H14BrN5/c1-12-10-14(6-7-15(12)19)22-18-21-9-8-17(24-18)23-16-5-3-2-4-13(16)11-20/h2-10H,1H3,(H2,21,22,23,24). The number of rotatable bonds is 4. The van der Waals surface area contributed by atoms with E-state index in [0.29, 0.717) is 23.0 Å². The third kappa shape index (κ3) is 3.70. The average molecular weight is 380 g/mol. The van der Waals surface area contributed by atoms with Crippen molar-refractivity contribution in [3.8, 4) is 6.07 Å². The molecule has 2 aromatic carbocycles. The van der Waals surface area contributed by atoms with E-state index in [2.05, 4.69) is 42.6 Å². The van der Waals surface area contributed by atoms with Crippen LogP contribution < -0.4 is 10.6 Å². The molecule has 0 atom stereocenters. The van der Waals surface area contributed by atoms with Crippen molar-refractivity contribution in [2.45, 2.75) is 6.92 Å². The number of hydrogen-bond donors (Lipinski definition) is 2. The number of aryl methyl sites for hydroxylation is 1. The van der Waals surface area contributed by atoms with Gasteiger partial charge in [0.25, 0.3) is 0 Å². The second-order valence-electron chi connectivity index (χ2n) is 5.14. The molecule has 0 radical (unpaired) electrons. The Kier molecular flexibility index (Phi) is 4.73. The molecule has 1 aromatic heterocycles. The van der Waals surface area contributed by atoms with Gasteiger partial charge in [-0.25, -0.2) is 4.98 Å². The lowest BCUT2D eigenvalue weighted by molar-refractivity contribution is 1.16. The summed E-state index contributed by atoms with van der Waals surface area (Å²) in [6, 6.07) is 17.1. The zero-order valence-electron chi connectivity index (χ0n) is 12.9. The molecule has 5 nitrogen and oxygen atoms in total. The second kappa shape index (κ2) is 7.11. The van der Waals surface area contributed by atoms with Gasteiger partial charge in [-0.2, -0.15) is 10.2 Å². The number of halogens is 1. The zero-order valence-corrected chi connectivity index (χ0v) is 14.5. The van der Waals surface area contributed by atoms with Crippen molar-refractivity contribution in [1.82, 2.24) is 9.97 Å². The molecule has 0 aliphatic rings. The third-order valence-corrected chi connectivity index (χ3v) is 4.27. The summed E-state index contributed by atoms with van der Waals surface area (Å²) < 4.78 is 1.05. The first-order valence-electron chi connectivity index (χ1n) is 7.28. The summed E-state index contributed by atoms with van der Waals surface area (Å²) in [4.78, 5) is 8.67. The Morgan fingerprint density at radius 1 is 1.08 bits per heavy atom. The van der Waals surface area contributed by atoms with Crippen molar-refractivity contribution in [2.75, 3.05) is 10.6 Å². The first kappa shape index (κ1) is 16.0. The van der Waals surface area contributed by atoms with Gasteiger partial charge in [0.2, 0.25) is 5.95 Å². The normalized spacial score (nSPS) is 10.0. The Balaban J connectivity index is 1.81. The molecule has 0 fully saturated rings. The summed E-state index contributed by atoms with van der Waals surface area (Å²) in [6.07, 6.45) is 1.67. The van der Waals surface area contributed by atoms with Crippen LogP contribution in [-0.4, -0.2) is 9.97 Å². The molecule has 0 amide bonds. The van der Waals surface area contributed by atoms with Crippen molar-refractivity contribution in [3.63, 3.8) is 0 Å². The highest BCUT2D eigenvalue weighted by atomic mass is 79.9. The van der Waals surface area contributed by atoms with Crippen molar-refractivity contribution >= 4 is 39.1 Å². The molecule has 0 saturated carbocycles. The monoisotopic (exact) mass is 379 g/mol. The summed E-state index contributed by atoms with van der Waals surface area (Å²) in [7, 11) is 0. The molecule has 1 heterocycles. The summed E-state index contributed by atoms with van der Waals surface area (Å²) in [6.45, 7) is 2.02. The van der Waals surface area contributed by atoms with Crippen LogP contribution in [0.3, 0.4) is 0 Å². The number of nitrogens with zero attached hydrogens (tertiary/aromatic N) is 3. The Morgan fingerprint density at radius 2 is 1.92 bits per heavy atom. The molecular formula is C18H14BrN5. The molecule has 24 heavy (non-hydrogen) atoms. The van der Waals surface area contributed by atoms with Crippen LogP contribution >= 0.6 is 15.9 Å². The van der Waals surface area contributed by atoms with Crippen LogP contribution in [0.2, 0.25) is 0 Å². The van der Waals surface area contributed by atoms with Gasteiger partial charge < -0.3 is 10.6 Å². The maximum atomic E-state index is 9.16. The molecule has 0 aliphatic carbocycles. The van der Waals surface area contributed by atoms with Gasteiger partial charge in [-0.05, 0) is 48.9 Å². The maximum absolute atomic E-state index is 9.16. The van der Waals surface area contributed by atoms with E-state index in [1.54, 1.807) is 18.3 Å². The summed E-state index contributed by atoms with van der Waals surface area (Å²) in [5.74, 6) is 1.10. The molecule has 0 bridgehead atoms. The average Bonchev–Trinajstić information content (AvgIpc) is 2.59. The molecule has 3 rings (SSSR count). The highest BCUT2D eigenvalue weighted by molar-refractivity contribution is 9.10. The number of aromatic nitrogens is 2. The van der Waals surface area contributed by atoms with Gasteiger partial charge in [-0.1, -0.05) is 28.1 Å². The molecular weight excluding hydrogens is 366 g/mol. The zero-order chi connectivity index (χ0) is 16.9. The fourth-order valence-corrected chi connectivity index (χ4v) is 2.41. The van der Waals surface area contributed by atoms with Crippen molar-refractivity contribution in [2.24, 2.45) is 0 Å². The Morgan fingerprint density at radius 3 is 2.71 bits per heavy atom. The van der Waals surface area contributed by atoms with E-state index in [4.69, 9.17) is 5.26 Å². The number of hydrogen-bond acceptors (Lipinski definition) is 5. The van der Waals surface area contributed by atoms with E-state index in [1.807, 2.05) is 43.3 Å². The van der Waals surface area contributed by atoms with Crippen LogP contribution in [0.4, 0.5) is 23.1 Å². The largest absolute Gasteiger partial charge is 0.339 e. The number of para-hydroxylation sites is 1. The van der Waals surface area contributed by atoms with Crippen LogP contribution in [0, 0.1) is 18.3 Å². The fourth-order valence-electron chi connectivity index (χ4n) is 2.17. The van der Waals surface area contributed by atoms with Gasteiger partial charge in [-0.15, -0.1) is 0 Å². The predicted octanol–water partition coefficient (Wildman–Crippen LogP) is 4.91. The molecule has 118 valence electrons. The molecule has 0 spiro atoms. The fraction of sp³-hybridized carbons (Fsp3) is 0.0556. The highest BCUT2D eigenvalue weighted by Gasteiger charge is 2.05. The van der Waals surface area contributed by atoms with Gasteiger partial charge in [0.15, 0.2) is 0 Å². The number of anilines is 4. The Hall–Kier alpha value is -2.91. The van der Waals surface area contributed by atoms with Gasteiger partial charge in [0.1, 0.15) is 11.9 Å². The SMILES string of the molecule is Cc1cc(Nc2nccc(Nc3ccccc3C#N)n2)ccc1Br. The summed E-state index contributed by atoms with van der Waals surface area (Å²) in [5.41, 5.74) is 3.31. The van der Waals surface area contributed by atoms with E-state index >= 15 is 0 Å². The lowest BCUT2D eigenvalue weighted by Crippen LogP contribution is -2.01. The second-order valence-corrected chi connectivity index (χ2v) is 5.99. The topological polar surface area (TPSA) is 73.6 Å². The first-order chi connectivity index (χ1) is 11.7. The summed E-state index contributed by atoms with van der Waals surface area (Å²) in [5, 5.41) is 15.5. The van der Waals surface area contributed by atoms with Crippen LogP contribution in [0.5, 0.6) is 0 Å². The van der Waals surface area contributed by atoms with E-state index < -0.39 is 0 Å². The quantitative estimate of drug-likeness (QED) is 0.673. The molecule has 0 unspecified atom stereocenters. The minimum Gasteiger partial charge on any atom is -0.339 e. The predicted molar refractivity (Wildman–Crippen MR) is 98.6 cm³/mol. The third-order valence-electron chi connectivity index (χ3n) is 3.38. The Labute approximate surface area is 148 Å². The van der Waals surface area contributed by atoms with Crippen molar-refractivity contribution in [3.05, 3.63) is 70.3 Å². The van der Waals surface area contributed by atoms with Gasteiger partial charge in [-0.3, -0.25) is 0 Å². The minimum absolute atomic E-state index is 0.483. The van der Waals surface area contributed by atoms with Crippen molar-refractivity contribution < 1.29 is 0 Å². The number of benzene rings is 2.